The van der Waals surface area contributed by atoms with Crippen LogP contribution in [-0.4, -0.2) is 17.1 Å². The van der Waals surface area contributed by atoms with Crippen molar-refractivity contribution < 1.29 is 4.74 Å². The van der Waals surface area contributed by atoms with Gasteiger partial charge in [0.2, 0.25) is 0 Å². The number of aryl methyl sites for hydroxylation is 1. The molecule has 15 heavy (non-hydrogen) atoms. The molecule has 1 aromatic heterocycles. The number of methoxy groups -OCH3 is 1. The highest BCUT2D eigenvalue weighted by Gasteiger charge is 2.02. The van der Waals surface area contributed by atoms with E-state index in [1.165, 1.54) is 0 Å². The summed E-state index contributed by atoms with van der Waals surface area (Å²) in [6.45, 7) is 2.01. The van der Waals surface area contributed by atoms with Crippen molar-refractivity contribution in [1.82, 2.24) is 9.97 Å². The first-order valence-corrected chi connectivity index (χ1v) is 4.72. The molecule has 0 aliphatic rings. The fourth-order valence-corrected chi connectivity index (χ4v) is 1.49. The molecule has 1 aromatic carbocycles. The van der Waals surface area contributed by atoms with Gasteiger partial charge in [0.1, 0.15) is 5.75 Å². The minimum atomic E-state index is 0.878. The predicted octanol–water partition coefficient (Wildman–Crippen LogP) is 2.46. The molecule has 0 amide bonds. The van der Waals surface area contributed by atoms with Gasteiger partial charge < -0.3 is 4.74 Å². The number of ether oxygens (including phenoxy) is 1. The fraction of sp³-hybridized carbons (Fsp3) is 0.167. The van der Waals surface area contributed by atoms with E-state index >= 15 is 0 Å². The summed E-state index contributed by atoms with van der Waals surface area (Å²) in [5.74, 6) is 0.891. The minimum absolute atomic E-state index is 0.878. The number of hydrogen-bond donors (Lipinski definition) is 0. The summed E-state index contributed by atoms with van der Waals surface area (Å²) >= 11 is 0. The number of hydrogen-bond acceptors (Lipinski definition) is 3. The molecule has 0 spiro atoms. The van der Waals surface area contributed by atoms with Crippen LogP contribution < -0.4 is 4.74 Å². The first-order chi connectivity index (χ1) is 7.31. The Kier molecular flexibility index (Phi) is 2.63. The molecule has 0 saturated carbocycles. The fourth-order valence-electron chi connectivity index (χ4n) is 1.49. The summed E-state index contributed by atoms with van der Waals surface area (Å²) in [4.78, 5) is 8.28. The molecule has 0 saturated heterocycles. The van der Waals surface area contributed by atoms with Gasteiger partial charge in [-0.15, -0.1) is 0 Å². The van der Waals surface area contributed by atoms with Crippen LogP contribution in [0.4, 0.5) is 0 Å². The van der Waals surface area contributed by atoms with Crippen LogP contribution in [0.1, 0.15) is 5.56 Å². The lowest BCUT2D eigenvalue weighted by Crippen LogP contribution is -1.89. The lowest BCUT2D eigenvalue weighted by molar-refractivity contribution is 0.412. The van der Waals surface area contributed by atoms with Gasteiger partial charge in [0, 0.05) is 18.0 Å². The Morgan fingerprint density at radius 2 is 2.07 bits per heavy atom. The van der Waals surface area contributed by atoms with Crippen LogP contribution >= 0.6 is 0 Å². The van der Waals surface area contributed by atoms with Gasteiger partial charge in [-0.1, -0.05) is 0 Å². The highest BCUT2D eigenvalue weighted by Crippen LogP contribution is 2.23. The molecule has 0 aliphatic heterocycles. The van der Waals surface area contributed by atoms with Gasteiger partial charge in [-0.05, 0) is 30.7 Å². The Morgan fingerprint density at radius 3 is 2.67 bits per heavy atom. The Morgan fingerprint density at radius 1 is 1.20 bits per heavy atom. The molecule has 3 nitrogen and oxygen atoms in total. The van der Waals surface area contributed by atoms with Crippen LogP contribution in [0.2, 0.25) is 0 Å². The second-order valence-corrected chi connectivity index (χ2v) is 3.28. The summed E-state index contributed by atoms with van der Waals surface area (Å²) in [6, 6.07) is 5.97. The molecule has 0 fully saturated rings. The number of nitrogens with zero attached hydrogens (tertiary/aromatic N) is 2. The minimum Gasteiger partial charge on any atom is -0.496 e. The average molecular weight is 200 g/mol. The maximum absolute atomic E-state index is 5.20. The van der Waals surface area contributed by atoms with Gasteiger partial charge in [-0.25, -0.2) is 0 Å². The average Bonchev–Trinajstić information content (AvgIpc) is 2.30. The Balaban J connectivity index is 2.43. The SMILES string of the molecule is COc1ccc(-c2cnccn2)cc1C. The molecule has 0 unspecified atom stereocenters. The monoisotopic (exact) mass is 200 g/mol. The third-order valence-electron chi connectivity index (χ3n) is 2.25. The van der Waals surface area contributed by atoms with E-state index in [1.807, 2.05) is 25.1 Å². The highest BCUT2D eigenvalue weighted by molar-refractivity contribution is 5.60. The summed E-state index contributed by atoms with van der Waals surface area (Å²) in [7, 11) is 1.67. The summed E-state index contributed by atoms with van der Waals surface area (Å²) in [5.41, 5.74) is 3.03. The third-order valence-corrected chi connectivity index (χ3v) is 2.25. The molecule has 1 heterocycles. The van der Waals surface area contributed by atoms with Gasteiger partial charge in [0.25, 0.3) is 0 Å². The Bertz CT molecular complexity index is 454. The molecule has 2 aromatic rings. The Labute approximate surface area is 88.8 Å². The molecule has 0 aliphatic carbocycles. The van der Waals surface area contributed by atoms with Crippen molar-refractivity contribution in [3.05, 3.63) is 42.4 Å². The molecule has 3 heteroatoms. The lowest BCUT2D eigenvalue weighted by atomic mass is 10.1. The van der Waals surface area contributed by atoms with Gasteiger partial charge >= 0.3 is 0 Å². The van der Waals surface area contributed by atoms with Crippen LogP contribution in [-0.2, 0) is 0 Å². The Hall–Kier alpha value is -1.90. The van der Waals surface area contributed by atoms with Crippen molar-refractivity contribution in [2.24, 2.45) is 0 Å². The van der Waals surface area contributed by atoms with Gasteiger partial charge in [-0.2, -0.15) is 0 Å². The molecule has 76 valence electrons. The van der Waals surface area contributed by atoms with E-state index in [2.05, 4.69) is 9.97 Å². The van der Waals surface area contributed by atoms with E-state index in [0.29, 0.717) is 0 Å². The van der Waals surface area contributed by atoms with Crippen molar-refractivity contribution in [3.63, 3.8) is 0 Å². The van der Waals surface area contributed by atoms with Crippen molar-refractivity contribution in [2.75, 3.05) is 7.11 Å². The van der Waals surface area contributed by atoms with Crippen LogP contribution in [0.25, 0.3) is 11.3 Å². The lowest BCUT2D eigenvalue weighted by Gasteiger charge is -2.06. The zero-order valence-corrected chi connectivity index (χ0v) is 8.77. The van der Waals surface area contributed by atoms with Gasteiger partial charge in [0.15, 0.2) is 0 Å². The molecular formula is C12H12N2O. The van der Waals surface area contributed by atoms with Crippen LogP contribution in [0.5, 0.6) is 5.75 Å². The van der Waals surface area contributed by atoms with E-state index in [1.54, 1.807) is 25.7 Å². The third kappa shape index (κ3) is 1.96. The quantitative estimate of drug-likeness (QED) is 0.747. The van der Waals surface area contributed by atoms with E-state index in [0.717, 1.165) is 22.6 Å². The van der Waals surface area contributed by atoms with E-state index in [-0.39, 0.29) is 0 Å². The van der Waals surface area contributed by atoms with E-state index in [9.17, 15) is 0 Å². The molecule has 2 rings (SSSR count). The number of aromatic nitrogens is 2. The van der Waals surface area contributed by atoms with Crippen molar-refractivity contribution in [3.8, 4) is 17.0 Å². The topological polar surface area (TPSA) is 35.0 Å². The summed E-state index contributed by atoms with van der Waals surface area (Å²) < 4.78 is 5.20. The van der Waals surface area contributed by atoms with Crippen LogP contribution in [0, 0.1) is 6.92 Å². The molecule has 0 atom stereocenters. The first kappa shape index (κ1) is 9.65. The maximum Gasteiger partial charge on any atom is 0.121 e. The zero-order chi connectivity index (χ0) is 10.7. The normalized spacial score (nSPS) is 10.0. The van der Waals surface area contributed by atoms with Gasteiger partial charge in [-0.3, -0.25) is 9.97 Å². The molecule has 0 radical (unpaired) electrons. The highest BCUT2D eigenvalue weighted by atomic mass is 16.5. The second kappa shape index (κ2) is 4.09. The second-order valence-electron chi connectivity index (χ2n) is 3.28. The van der Waals surface area contributed by atoms with E-state index < -0.39 is 0 Å². The summed E-state index contributed by atoms with van der Waals surface area (Å²) in [6.07, 6.45) is 5.11. The maximum atomic E-state index is 5.20. The van der Waals surface area contributed by atoms with Crippen molar-refractivity contribution in [2.45, 2.75) is 6.92 Å². The van der Waals surface area contributed by atoms with Gasteiger partial charge in [0.05, 0.1) is 19.0 Å². The van der Waals surface area contributed by atoms with Crippen molar-refractivity contribution >= 4 is 0 Å². The zero-order valence-electron chi connectivity index (χ0n) is 8.77. The standard InChI is InChI=1S/C12H12N2O/c1-9-7-10(3-4-12(9)15-2)11-8-13-5-6-14-11/h3-8H,1-2H3. The first-order valence-electron chi connectivity index (χ1n) is 4.72. The van der Waals surface area contributed by atoms with Crippen molar-refractivity contribution in [1.29, 1.82) is 0 Å². The predicted molar refractivity (Wildman–Crippen MR) is 58.8 cm³/mol. The van der Waals surface area contributed by atoms with Crippen LogP contribution in [0.15, 0.2) is 36.8 Å². The van der Waals surface area contributed by atoms with Crippen LogP contribution in [0.3, 0.4) is 0 Å². The largest absolute Gasteiger partial charge is 0.496 e. The molecule has 0 N–H and O–H groups in total. The van der Waals surface area contributed by atoms with E-state index in [4.69, 9.17) is 4.74 Å². The summed E-state index contributed by atoms with van der Waals surface area (Å²) in [5, 5.41) is 0. The number of rotatable bonds is 2. The smallest absolute Gasteiger partial charge is 0.121 e. The molecule has 0 bridgehead atoms. The molecular weight excluding hydrogens is 188 g/mol. The number of benzene rings is 1.